The number of nitrogens with zero attached hydrogens (tertiary/aromatic N) is 1. The summed E-state index contributed by atoms with van der Waals surface area (Å²) in [6, 6.07) is 11.4. The zero-order valence-corrected chi connectivity index (χ0v) is 13.3. The molecule has 3 N–H and O–H groups in total. The lowest BCUT2D eigenvalue weighted by atomic mass is 10.1. The lowest BCUT2D eigenvalue weighted by Gasteiger charge is -2.27. The standard InChI is InChI=1S/C16H14Cl2N4/c1-10(19)20-12-2-5-16-11(8-12)6-7-22(21-16)13-3-4-14(17)15(18)9-13/h2-9,21H,1H3,(H2,19,20). The number of hydrazine groups is 1. The van der Waals surface area contributed by atoms with Crippen LogP contribution in [0.2, 0.25) is 10.0 Å². The number of rotatable bonds is 2. The molecule has 3 rings (SSSR count). The predicted molar refractivity (Wildman–Crippen MR) is 95.1 cm³/mol. The van der Waals surface area contributed by atoms with Crippen molar-refractivity contribution in [3.8, 4) is 0 Å². The summed E-state index contributed by atoms with van der Waals surface area (Å²) >= 11 is 12.0. The highest BCUT2D eigenvalue weighted by molar-refractivity contribution is 6.42. The number of benzene rings is 2. The number of nitrogens with one attached hydrogen (secondary N) is 3. The number of hydrogen-bond donors (Lipinski definition) is 3. The lowest BCUT2D eigenvalue weighted by molar-refractivity contribution is 1.15. The summed E-state index contributed by atoms with van der Waals surface area (Å²) < 4.78 is 0. The molecule has 0 amide bonds. The maximum absolute atomic E-state index is 7.48. The van der Waals surface area contributed by atoms with Crippen LogP contribution in [0.4, 0.5) is 17.1 Å². The highest BCUT2D eigenvalue weighted by Gasteiger charge is 2.13. The smallest absolute Gasteiger partial charge is 0.0944 e. The molecule has 0 aliphatic carbocycles. The van der Waals surface area contributed by atoms with Crippen LogP contribution in [0.1, 0.15) is 12.5 Å². The molecule has 6 heteroatoms. The average molecular weight is 333 g/mol. The SMILES string of the molecule is CC(=N)Nc1ccc2c(c1)C=CN(c1ccc(Cl)c(Cl)c1)N2. The molecule has 0 saturated heterocycles. The largest absolute Gasteiger partial charge is 0.344 e. The normalized spacial score (nSPS) is 12.6. The van der Waals surface area contributed by atoms with Crippen LogP contribution < -0.4 is 15.8 Å². The molecule has 0 fully saturated rings. The van der Waals surface area contributed by atoms with Gasteiger partial charge in [0.25, 0.3) is 0 Å². The van der Waals surface area contributed by atoms with Crippen LogP contribution in [0, 0.1) is 5.41 Å². The quantitative estimate of drug-likeness (QED) is 0.522. The lowest BCUT2D eigenvalue weighted by Crippen LogP contribution is -2.26. The number of hydrogen-bond acceptors (Lipinski definition) is 3. The predicted octanol–water partition coefficient (Wildman–Crippen LogP) is 5.22. The molecule has 1 heterocycles. The van der Waals surface area contributed by atoms with Gasteiger partial charge in [-0.1, -0.05) is 23.2 Å². The first-order valence-corrected chi connectivity index (χ1v) is 7.44. The van der Waals surface area contributed by atoms with Gasteiger partial charge in [-0.15, -0.1) is 0 Å². The van der Waals surface area contributed by atoms with Gasteiger partial charge in [0.15, 0.2) is 0 Å². The number of fused-ring (bicyclic) bond motifs is 1. The number of halogens is 2. The second-order valence-corrected chi connectivity index (χ2v) is 5.76. The van der Waals surface area contributed by atoms with Crippen molar-refractivity contribution in [2.45, 2.75) is 6.92 Å². The minimum atomic E-state index is 0.408. The molecule has 2 aromatic carbocycles. The van der Waals surface area contributed by atoms with Crippen LogP contribution in [0.3, 0.4) is 0 Å². The first kappa shape index (κ1) is 14.8. The van der Waals surface area contributed by atoms with Crippen molar-refractivity contribution in [3.05, 3.63) is 58.2 Å². The molecule has 0 saturated carbocycles. The van der Waals surface area contributed by atoms with Gasteiger partial charge in [0.1, 0.15) is 0 Å². The Bertz CT molecular complexity index is 771. The van der Waals surface area contributed by atoms with Crippen molar-refractivity contribution in [3.63, 3.8) is 0 Å². The monoisotopic (exact) mass is 332 g/mol. The first-order chi connectivity index (χ1) is 10.5. The van der Waals surface area contributed by atoms with Gasteiger partial charge in [-0.3, -0.25) is 15.8 Å². The third kappa shape index (κ3) is 3.03. The van der Waals surface area contributed by atoms with Gasteiger partial charge in [-0.2, -0.15) is 0 Å². The molecule has 0 unspecified atom stereocenters. The zero-order valence-electron chi connectivity index (χ0n) is 11.8. The van der Waals surface area contributed by atoms with E-state index < -0.39 is 0 Å². The van der Waals surface area contributed by atoms with Crippen LogP contribution in [0.25, 0.3) is 6.08 Å². The van der Waals surface area contributed by atoms with Gasteiger partial charge in [0.05, 0.1) is 27.3 Å². The molecule has 4 nitrogen and oxygen atoms in total. The molecule has 112 valence electrons. The summed E-state index contributed by atoms with van der Waals surface area (Å²) in [7, 11) is 0. The van der Waals surface area contributed by atoms with Crippen molar-refractivity contribution in [1.82, 2.24) is 0 Å². The summed E-state index contributed by atoms with van der Waals surface area (Å²) in [5.41, 5.74) is 7.11. The molecule has 0 aromatic heterocycles. The van der Waals surface area contributed by atoms with Crippen molar-refractivity contribution in [2.24, 2.45) is 0 Å². The van der Waals surface area contributed by atoms with E-state index in [4.69, 9.17) is 28.6 Å². The Hall–Kier alpha value is -2.17. The van der Waals surface area contributed by atoms with E-state index in [9.17, 15) is 0 Å². The van der Waals surface area contributed by atoms with Crippen molar-refractivity contribution < 1.29 is 0 Å². The van der Waals surface area contributed by atoms with E-state index in [0.717, 1.165) is 22.6 Å². The average Bonchev–Trinajstić information content (AvgIpc) is 2.49. The van der Waals surface area contributed by atoms with Gasteiger partial charge in [-0.05, 0) is 49.4 Å². The van der Waals surface area contributed by atoms with Gasteiger partial charge in [0.2, 0.25) is 0 Å². The highest BCUT2D eigenvalue weighted by Crippen LogP contribution is 2.31. The fourth-order valence-electron chi connectivity index (χ4n) is 2.20. The Morgan fingerprint density at radius 1 is 1.14 bits per heavy atom. The fraction of sp³-hybridized carbons (Fsp3) is 0.0625. The maximum atomic E-state index is 7.48. The third-order valence-electron chi connectivity index (χ3n) is 3.21. The Labute approximate surface area is 138 Å². The molecular formula is C16H14Cl2N4. The van der Waals surface area contributed by atoms with E-state index in [-0.39, 0.29) is 0 Å². The van der Waals surface area contributed by atoms with Crippen molar-refractivity contribution in [2.75, 3.05) is 15.8 Å². The van der Waals surface area contributed by atoms with E-state index in [1.165, 1.54) is 0 Å². The molecule has 1 aliphatic rings. The van der Waals surface area contributed by atoms with E-state index in [0.29, 0.717) is 15.9 Å². The van der Waals surface area contributed by atoms with Crippen LogP contribution in [0.5, 0.6) is 0 Å². The zero-order chi connectivity index (χ0) is 15.7. The van der Waals surface area contributed by atoms with Crippen molar-refractivity contribution >= 4 is 52.2 Å². The van der Waals surface area contributed by atoms with E-state index in [1.54, 1.807) is 19.1 Å². The van der Waals surface area contributed by atoms with E-state index in [1.807, 2.05) is 41.6 Å². The molecule has 22 heavy (non-hydrogen) atoms. The van der Waals surface area contributed by atoms with E-state index in [2.05, 4.69) is 10.7 Å². The van der Waals surface area contributed by atoms with Crippen LogP contribution >= 0.6 is 23.2 Å². The highest BCUT2D eigenvalue weighted by atomic mass is 35.5. The fourth-order valence-corrected chi connectivity index (χ4v) is 2.50. The number of anilines is 3. The first-order valence-electron chi connectivity index (χ1n) is 6.68. The Balaban J connectivity index is 1.86. The van der Waals surface area contributed by atoms with Gasteiger partial charge in [-0.25, -0.2) is 0 Å². The summed E-state index contributed by atoms with van der Waals surface area (Å²) in [6.45, 7) is 1.71. The van der Waals surface area contributed by atoms with Gasteiger partial charge >= 0.3 is 0 Å². The minimum Gasteiger partial charge on any atom is -0.344 e. The maximum Gasteiger partial charge on any atom is 0.0944 e. The molecule has 0 atom stereocenters. The summed E-state index contributed by atoms with van der Waals surface area (Å²) in [6.07, 6.45) is 3.92. The van der Waals surface area contributed by atoms with Gasteiger partial charge in [0, 0.05) is 17.5 Å². The minimum absolute atomic E-state index is 0.408. The molecule has 0 radical (unpaired) electrons. The molecule has 0 bridgehead atoms. The van der Waals surface area contributed by atoms with Crippen LogP contribution in [-0.4, -0.2) is 5.84 Å². The second kappa shape index (κ2) is 5.91. The molecule has 1 aliphatic heterocycles. The van der Waals surface area contributed by atoms with Crippen molar-refractivity contribution in [1.29, 1.82) is 5.41 Å². The molecule has 0 spiro atoms. The second-order valence-electron chi connectivity index (χ2n) is 4.95. The summed E-state index contributed by atoms with van der Waals surface area (Å²) in [5.74, 6) is 0.408. The topological polar surface area (TPSA) is 51.2 Å². The van der Waals surface area contributed by atoms with Gasteiger partial charge < -0.3 is 5.32 Å². The Morgan fingerprint density at radius 2 is 1.95 bits per heavy atom. The Kier molecular flexibility index (Phi) is 3.96. The summed E-state index contributed by atoms with van der Waals surface area (Å²) in [5, 5.41) is 13.4. The molecule has 2 aromatic rings. The Morgan fingerprint density at radius 3 is 2.68 bits per heavy atom. The number of amidine groups is 1. The molecular weight excluding hydrogens is 319 g/mol. The summed E-state index contributed by atoms with van der Waals surface area (Å²) in [4.78, 5) is 0. The van der Waals surface area contributed by atoms with Crippen LogP contribution in [0.15, 0.2) is 42.6 Å². The van der Waals surface area contributed by atoms with E-state index >= 15 is 0 Å². The van der Waals surface area contributed by atoms with Crippen LogP contribution in [-0.2, 0) is 0 Å². The third-order valence-corrected chi connectivity index (χ3v) is 3.95.